The highest BCUT2D eigenvalue weighted by Crippen LogP contribution is 2.19. The maximum atomic E-state index is 13.2. The molecule has 1 N–H and O–H groups in total. The van der Waals surface area contributed by atoms with Crippen LogP contribution in [0.4, 0.5) is 10.1 Å². The van der Waals surface area contributed by atoms with Crippen LogP contribution in [0.3, 0.4) is 0 Å². The molecule has 0 aliphatic heterocycles. The molecule has 0 spiro atoms. The molecule has 0 bridgehead atoms. The first-order valence-electron chi connectivity index (χ1n) is 11.0. The maximum Gasteiger partial charge on any atom is 0.242 e. The summed E-state index contributed by atoms with van der Waals surface area (Å²) >= 11 is 0. The number of sulfonamides is 1. The van der Waals surface area contributed by atoms with Gasteiger partial charge < -0.3 is 10.2 Å². The number of likely N-dealkylation sites (N-methyl/N-ethyl adjacent to an activating group) is 1. The summed E-state index contributed by atoms with van der Waals surface area (Å²) in [6.45, 7) is 2.30. The van der Waals surface area contributed by atoms with Gasteiger partial charge in [0.2, 0.25) is 21.8 Å². The number of carbonyl (C=O) groups excluding carboxylic acids is 2. The highest BCUT2D eigenvalue weighted by atomic mass is 32.2. The number of halogens is 1. The topological polar surface area (TPSA) is 86.8 Å². The molecule has 180 valence electrons. The first-order chi connectivity index (χ1) is 15.7. The van der Waals surface area contributed by atoms with Gasteiger partial charge in [-0.05, 0) is 49.1 Å². The molecule has 0 saturated heterocycles. The second-order valence-corrected chi connectivity index (χ2v) is 9.68. The minimum Gasteiger partial charge on any atom is -0.357 e. The van der Waals surface area contributed by atoms with Gasteiger partial charge in [-0.2, -0.15) is 0 Å². The van der Waals surface area contributed by atoms with Crippen LogP contribution in [-0.2, 0) is 26.0 Å². The van der Waals surface area contributed by atoms with E-state index in [-0.39, 0.29) is 31.2 Å². The van der Waals surface area contributed by atoms with Crippen molar-refractivity contribution in [3.8, 4) is 0 Å². The lowest BCUT2D eigenvalue weighted by Crippen LogP contribution is -2.49. The van der Waals surface area contributed by atoms with Crippen molar-refractivity contribution in [3.05, 3.63) is 66.0 Å². The number of nitrogens with zero attached hydrogens (tertiary/aromatic N) is 2. The predicted octanol–water partition coefficient (Wildman–Crippen LogP) is 2.97. The number of nitrogens with one attached hydrogen (secondary N) is 1. The summed E-state index contributed by atoms with van der Waals surface area (Å²) in [4.78, 5) is 27.1. The molecule has 33 heavy (non-hydrogen) atoms. The first kappa shape index (κ1) is 26.3. The van der Waals surface area contributed by atoms with E-state index in [1.54, 1.807) is 4.90 Å². The van der Waals surface area contributed by atoms with E-state index in [4.69, 9.17) is 0 Å². The molecule has 0 fully saturated rings. The molecule has 2 aromatic carbocycles. The molecular formula is C24H32FN3O4S. The standard InChI is InChI=1S/C24H32FN3O4S/c1-4-22(24(30)26-2)27(18-16-19-9-6-5-7-10-19)23(29)11-8-17-28(33(3,31)32)21-14-12-20(25)13-15-21/h5-7,9-10,12-15,22H,4,8,11,16-18H2,1-3H3,(H,26,30)/t22-/m1/s1. The van der Waals surface area contributed by atoms with Crippen LogP contribution in [0.15, 0.2) is 54.6 Å². The van der Waals surface area contributed by atoms with Crippen LogP contribution in [0.2, 0.25) is 0 Å². The van der Waals surface area contributed by atoms with Crippen molar-refractivity contribution in [2.24, 2.45) is 0 Å². The number of carbonyl (C=O) groups is 2. The summed E-state index contributed by atoms with van der Waals surface area (Å²) in [5.74, 6) is -0.909. The average molecular weight is 478 g/mol. The summed E-state index contributed by atoms with van der Waals surface area (Å²) < 4.78 is 38.9. The largest absolute Gasteiger partial charge is 0.357 e. The van der Waals surface area contributed by atoms with Gasteiger partial charge in [-0.15, -0.1) is 0 Å². The molecular weight excluding hydrogens is 445 g/mol. The summed E-state index contributed by atoms with van der Waals surface area (Å²) in [6, 6.07) is 14.3. The molecule has 2 aromatic rings. The molecule has 2 rings (SSSR count). The molecule has 0 aliphatic carbocycles. The Balaban J connectivity index is 2.11. The molecule has 7 nitrogen and oxygen atoms in total. The molecule has 0 heterocycles. The number of hydrogen-bond donors (Lipinski definition) is 1. The van der Waals surface area contributed by atoms with Gasteiger partial charge in [0, 0.05) is 26.6 Å². The van der Waals surface area contributed by atoms with Gasteiger partial charge in [0.25, 0.3) is 0 Å². The fraction of sp³-hybridized carbons (Fsp3) is 0.417. The highest BCUT2D eigenvalue weighted by molar-refractivity contribution is 7.92. The zero-order valence-electron chi connectivity index (χ0n) is 19.3. The number of rotatable bonds is 12. The van der Waals surface area contributed by atoms with Gasteiger partial charge in [0.1, 0.15) is 11.9 Å². The molecule has 0 saturated carbocycles. The van der Waals surface area contributed by atoms with Crippen molar-refractivity contribution in [3.63, 3.8) is 0 Å². The minimum absolute atomic E-state index is 0.0689. The molecule has 0 aliphatic rings. The minimum atomic E-state index is -3.61. The van der Waals surface area contributed by atoms with E-state index in [0.29, 0.717) is 25.1 Å². The van der Waals surface area contributed by atoms with Crippen LogP contribution in [0.1, 0.15) is 31.7 Å². The van der Waals surface area contributed by atoms with E-state index in [0.717, 1.165) is 16.1 Å². The van der Waals surface area contributed by atoms with Gasteiger partial charge in [0.05, 0.1) is 11.9 Å². The van der Waals surface area contributed by atoms with Crippen molar-refractivity contribution < 1.29 is 22.4 Å². The molecule has 0 unspecified atom stereocenters. The Morgan fingerprint density at radius 2 is 1.67 bits per heavy atom. The summed E-state index contributed by atoms with van der Waals surface area (Å²) in [5, 5.41) is 2.62. The Morgan fingerprint density at radius 1 is 1.03 bits per heavy atom. The zero-order valence-corrected chi connectivity index (χ0v) is 20.1. The third-order valence-corrected chi connectivity index (χ3v) is 6.58. The van der Waals surface area contributed by atoms with Crippen LogP contribution in [0, 0.1) is 5.82 Å². The van der Waals surface area contributed by atoms with Gasteiger partial charge >= 0.3 is 0 Å². The molecule has 2 amide bonds. The Hall–Kier alpha value is -2.94. The molecule has 9 heteroatoms. The van der Waals surface area contributed by atoms with Crippen LogP contribution in [0.25, 0.3) is 0 Å². The van der Waals surface area contributed by atoms with E-state index in [9.17, 15) is 22.4 Å². The van der Waals surface area contributed by atoms with Crippen LogP contribution in [0.5, 0.6) is 0 Å². The SMILES string of the molecule is CC[C@H](C(=O)NC)N(CCc1ccccc1)C(=O)CCCN(c1ccc(F)cc1)S(C)(=O)=O. The third-order valence-electron chi connectivity index (χ3n) is 5.38. The Bertz CT molecular complexity index is 1010. The predicted molar refractivity (Wildman–Crippen MR) is 128 cm³/mol. The summed E-state index contributed by atoms with van der Waals surface area (Å²) in [5.41, 5.74) is 1.39. The van der Waals surface area contributed by atoms with Crippen LogP contribution in [-0.4, -0.2) is 57.6 Å². The number of benzene rings is 2. The second-order valence-electron chi connectivity index (χ2n) is 7.78. The van der Waals surface area contributed by atoms with E-state index < -0.39 is 21.9 Å². The van der Waals surface area contributed by atoms with Crippen LogP contribution < -0.4 is 9.62 Å². The van der Waals surface area contributed by atoms with E-state index in [2.05, 4.69) is 5.32 Å². The van der Waals surface area contributed by atoms with Gasteiger partial charge in [-0.25, -0.2) is 12.8 Å². The van der Waals surface area contributed by atoms with Crippen molar-refractivity contribution in [1.82, 2.24) is 10.2 Å². The van der Waals surface area contributed by atoms with Crippen LogP contribution >= 0.6 is 0 Å². The Labute approximate surface area is 195 Å². The zero-order chi connectivity index (χ0) is 24.4. The lowest BCUT2D eigenvalue weighted by molar-refractivity contribution is -0.140. The van der Waals surface area contributed by atoms with E-state index >= 15 is 0 Å². The third kappa shape index (κ3) is 7.85. The molecule has 0 aromatic heterocycles. The Kier molecular flexibility index (Phi) is 9.84. The van der Waals surface area contributed by atoms with Gasteiger partial charge in [-0.1, -0.05) is 37.3 Å². The number of anilines is 1. The van der Waals surface area contributed by atoms with Crippen molar-refractivity contribution in [2.45, 2.75) is 38.6 Å². The molecule has 0 radical (unpaired) electrons. The normalized spacial score (nSPS) is 12.1. The van der Waals surface area contributed by atoms with E-state index in [1.165, 1.54) is 31.3 Å². The molecule has 1 atom stereocenters. The number of hydrogen-bond acceptors (Lipinski definition) is 4. The fourth-order valence-corrected chi connectivity index (χ4v) is 4.64. The smallest absolute Gasteiger partial charge is 0.242 e. The average Bonchev–Trinajstić information content (AvgIpc) is 2.79. The highest BCUT2D eigenvalue weighted by Gasteiger charge is 2.27. The summed E-state index contributed by atoms with van der Waals surface area (Å²) in [6.07, 6.45) is 2.48. The van der Waals surface area contributed by atoms with Crippen molar-refractivity contribution >= 4 is 27.5 Å². The van der Waals surface area contributed by atoms with Gasteiger partial charge in [0.15, 0.2) is 0 Å². The first-order valence-corrected chi connectivity index (χ1v) is 12.8. The van der Waals surface area contributed by atoms with Crippen molar-refractivity contribution in [1.29, 1.82) is 0 Å². The maximum absolute atomic E-state index is 13.2. The lowest BCUT2D eigenvalue weighted by atomic mass is 10.1. The van der Waals surface area contributed by atoms with Crippen molar-refractivity contribution in [2.75, 3.05) is 30.7 Å². The second kappa shape index (κ2) is 12.3. The Morgan fingerprint density at radius 3 is 2.21 bits per heavy atom. The summed E-state index contributed by atoms with van der Waals surface area (Å²) in [7, 11) is -2.07. The lowest BCUT2D eigenvalue weighted by Gasteiger charge is -2.30. The quantitative estimate of drug-likeness (QED) is 0.509. The monoisotopic (exact) mass is 477 g/mol. The number of amides is 2. The van der Waals surface area contributed by atoms with E-state index in [1.807, 2.05) is 37.3 Å². The van der Waals surface area contributed by atoms with Gasteiger partial charge in [-0.3, -0.25) is 13.9 Å². The fourth-order valence-electron chi connectivity index (χ4n) is 3.67.